The summed E-state index contributed by atoms with van der Waals surface area (Å²) < 4.78 is 1.86. The van der Waals surface area contributed by atoms with Crippen LogP contribution < -0.4 is 16.0 Å². The zero-order chi connectivity index (χ0) is 21.5. The van der Waals surface area contributed by atoms with E-state index >= 15 is 0 Å². The van der Waals surface area contributed by atoms with E-state index in [4.69, 9.17) is 27.4 Å². The van der Waals surface area contributed by atoms with E-state index in [9.17, 15) is 4.79 Å². The van der Waals surface area contributed by atoms with Crippen molar-refractivity contribution in [1.29, 1.82) is 0 Å². The van der Waals surface area contributed by atoms with Gasteiger partial charge in [0.1, 0.15) is 5.82 Å². The summed E-state index contributed by atoms with van der Waals surface area (Å²) >= 11 is 6.32. The average Bonchev–Trinajstić information content (AvgIpc) is 3.38. The molecular weight excluding hydrogens is 414 g/mol. The van der Waals surface area contributed by atoms with Gasteiger partial charge in [-0.25, -0.2) is 9.50 Å². The second kappa shape index (κ2) is 8.56. The summed E-state index contributed by atoms with van der Waals surface area (Å²) in [6.07, 6.45) is 6.86. The third kappa shape index (κ3) is 4.13. The van der Waals surface area contributed by atoms with Crippen LogP contribution >= 0.6 is 11.6 Å². The van der Waals surface area contributed by atoms with Crippen molar-refractivity contribution in [3.8, 4) is 0 Å². The van der Waals surface area contributed by atoms with Crippen molar-refractivity contribution in [1.82, 2.24) is 24.8 Å². The van der Waals surface area contributed by atoms with Crippen LogP contribution in [0.1, 0.15) is 49.4 Å². The quantitative estimate of drug-likeness (QED) is 0.700. The fourth-order valence-electron chi connectivity index (χ4n) is 5.30. The highest BCUT2D eigenvalue weighted by Gasteiger charge is 2.36. The minimum absolute atomic E-state index is 0.00242. The Hall–Kier alpha value is -1.90. The first-order chi connectivity index (χ1) is 15.0. The molecule has 9 heteroatoms. The first kappa shape index (κ1) is 21.0. The number of nitrogens with zero attached hydrogens (tertiary/aromatic N) is 5. The van der Waals surface area contributed by atoms with E-state index in [-0.39, 0.29) is 29.3 Å². The first-order valence-electron chi connectivity index (χ1n) is 11.5. The molecule has 2 aromatic rings. The lowest BCUT2D eigenvalue weighted by molar-refractivity contribution is -0.140. The minimum Gasteiger partial charge on any atom is -0.355 e. The van der Waals surface area contributed by atoms with Gasteiger partial charge in [-0.3, -0.25) is 4.79 Å². The van der Waals surface area contributed by atoms with Gasteiger partial charge >= 0.3 is 0 Å². The van der Waals surface area contributed by atoms with Gasteiger partial charge in [-0.05, 0) is 39.0 Å². The van der Waals surface area contributed by atoms with Gasteiger partial charge in [-0.2, -0.15) is 5.10 Å². The van der Waals surface area contributed by atoms with E-state index in [1.54, 1.807) is 0 Å². The molecule has 3 aliphatic heterocycles. The normalized spacial score (nSPS) is 29.6. The monoisotopic (exact) mass is 445 g/mol. The Bertz CT molecular complexity index is 963. The van der Waals surface area contributed by atoms with Crippen LogP contribution in [-0.4, -0.2) is 69.5 Å². The first-order valence-corrected chi connectivity index (χ1v) is 12.0. The van der Waals surface area contributed by atoms with Crippen LogP contribution in [0, 0.1) is 12.8 Å². The van der Waals surface area contributed by atoms with E-state index in [0.29, 0.717) is 6.54 Å². The van der Waals surface area contributed by atoms with Crippen LogP contribution in [0.25, 0.3) is 5.65 Å². The standard InChI is InChI=1S/C22H32ClN7O/c1-14-12-30-20(26-21(14)28-7-5-17(24)13-28)9-18(27-30)19-4-2-3-6-29(19)22(31)15-8-16(23)11-25-10-15/h9,12,15-17,19,25H,2-8,10-11,13,24H2,1H3/t15?,16?,17-,19-/m0/s1. The number of hydrogen-bond acceptors (Lipinski definition) is 6. The summed E-state index contributed by atoms with van der Waals surface area (Å²) in [5.41, 5.74) is 8.96. The van der Waals surface area contributed by atoms with Gasteiger partial charge in [-0.1, -0.05) is 0 Å². The third-order valence-electron chi connectivity index (χ3n) is 6.92. The van der Waals surface area contributed by atoms with E-state index in [1.165, 1.54) is 0 Å². The Kier molecular flexibility index (Phi) is 5.79. The van der Waals surface area contributed by atoms with Crippen LogP contribution in [0.15, 0.2) is 12.3 Å². The van der Waals surface area contributed by atoms with Crippen LogP contribution in [0.4, 0.5) is 5.82 Å². The van der Waals surface area contributed by atoms with Crippen molar-refractivity contribution in [2.24, 2.45) is 11.7 Å². The van der Waals surface area contributed by atoms with Crippen molar-refractivity contribution in [3.05, 3.63) is 23.5 Å². The third-order valence-corrected chi connectivity index (χ3v) is 7.25. The summed E-state index contributed by atoms with van der Waals surface area (Å²) in [6, 6.07) is 2.27. The molecule has 0 aliphatic carbocycles. The molecule has 5 rings (SSSR count). The van der Waals surface area contributed by atoms with Crippen molar-refractivity contribution in [2.75, 3.05) is 37.6 Å². The molecule has 3 saturated heterocycles. The zero-order valence-electron chi connectivity index (χ0n) is 18.1. The lowest BCUT2D eigenvalue weighted by atomic mass is 9.93. The van der Waals surface area contributed by atoms with Gasteiger partial charge in [0.2, 0.25) is 5.91 Å². The predicted octanol–water partition coefficient (Wildman–Crippen LogP) is 1.85. The number of piperidine rings is 2. The number of amides is 1. The molecule has 168 valence electrons. The number of anilines is 1. The summed E-state index contributed by atoms with van der Waals surface area (Å²) in [7, 11) is 0. The molecule has 0 saturated carbocycles. The summed E-state index contributed by atoms with van der Waals surface area (Å²) in [5.74, 6) is 1.14. The number of aromatic nitrogens is 3. The zero-order valence-corrected chi connectivity index (χ0v) is 18.9. The van der Waals surface area contributed by atoms with Gasteiger partial charge in [0.15, 0.2) is 5.65 Å². The Morgan fingerprint density at radius 2 is 2.13 bits per heavy atom. The van der Waals surface area contributed by atoms with Crippen molar-refractivity contribution < 1.29 is 4.79 Å². The van der Waals surface area contributed by atoms with Crippen LogP contribution in [0.2, 0.25) is 0 Å². The second-order valence-electron chi connectivity index (χ2n) is 9.35. The van der Waals surface area contributed by atoms with Crippen molar-refractivity contribution in [3.63, 3.8) is 0 Å². The fraction of sp³-hybridized carbons (Fsp3) is 0.682. The van der Waals surface area contributed by atoms with Gasteiger partial charge in [0.05, 0.1) is 17.7 Å². The molecule has 3 N–H and O–H groups in total. The second-order valence-corrected chi connectivity index (χ2v) is 9.96. The van der Waals surface area contributed by atoms with Crippen molar-refractivity contribution in [2.45, 2.75) is 56.5 Å². The average molecular weight is 446 g/mol. The Morgan fingerprint density at radius 3 is 2.90 bits per heavy atom. The number of alkyl halides is 1. The molecular formula is C22H32ClN7O. The summed E-state index contributed by atoms with van der Waals surface area (Å²) in [6.45, 7) is 6.11. The van der Waals surface area contributed by atoms with E-state index < -0.39 is 0 Å². The number of likely N-dealkylation sites (tertiary alicyclic amines) is 1. The lowest BCUT2D eigenvalue weighted by Crippen LogP contribution is -2.48. The number of rotatable bonds is 3. The van der Waals surface area contributed by atoms with Gasteiger partial charge in [0, 0.05) is 62.0 Å². The molecule has 3 fully saturated rings. The molecule has 3 aliphatic rings. The maximum atomic E-state index is 13.4. The maximum Gasteiger partial charge on any atom is 0.227 e. The number of nitrogens with one attached hydrogen (secondary N) is 1. The molecule has 0 radical (unpaired) electrons. The Labute approximate surface area is 188 Å². The number of hydrogen-bond donors (Lipinski definition) is 2. The smallest absolute Gasteiger partial charge is 0.227 e. The van der Waals surface area contributed by atoms with E-state index in [1.807, 2.05) is 15.6 Å². The van der Waals surface area contributed by atoms with Gasteiger partial charge in [-0.15, -0.1) is 11.6 Å². The van der Waals surface area contributed by atoms with E-state index in [2.05, 4.69) is 23.2 Å². The van der Waals surface area contributed by atoms with Crippen LogP contribution in [-0.2, 0) is 4.79 Å². The molecule has 8 nitrogen and oxygen atoms in total. The molecule has 31 heavy (non-hydrogen) atoms. The number of nitrogens with two attached hydrogens (primary N) is 1. The molecule has 5 heterocycles. The number of fused-ring (bicyclic) bond motifs is 1. The highest BCUT2D eigenvalue weighted by Crippen LogP contribution is 2.33. The maximum absolute atomic E-state index is 13.4. The van der Waals surface area contributed by atoms with Gasteiger partial charge < -0.3 is 20.9 Å². The SMILES string of the molecule is Cc1cn2nc([C@@H]3CCCCN3C(=O)C3CNCC(Cl)C3)cc2nc1N1CC[C@H](N)C1. The molecule has 2 unspecified atom stereocenters. The molecule has 0 aromatic carbocycles. The highest BCUT2D eigenvalue weighted by atomic mass is 35.5. The molecule has 0 bridgehead atoms. The van der Waals surface area contributed by atoms with Crippen LogP contribution in [0.3, 0.4) is 0 Å². The Balaban J connectivity index is 1.42. The number of aryl methyl sites for hydroxylation is 1. The minimum atomic E-state index is -0.0553. The molecule has 0 spiro atoms. The van der Waals surface area contributed by atoms with Crippen LogP contribution in [0.5, 0.6) is 0 Å². The molecule has 1 amide bonds. The highest BCUT2D eigenvalue weighted by molar-refractivity contribution is 6.21. The Morgan fingerprint density at radius 1 is 1.26 bits per heavy atom. The number of halogens is 1. The predicted molar refractivity (Wildman–Crippen MR) is 121 cm³/mol. The summed E-state index contributed by atoms with van der Waals surface area (Å²) in [5, 5.41) is 8.17. The topological polar surface area (TPSA) is 91.8 Å². The molecule has 2 aromatic heterocycles. The fourth-order valence-corrected chi connectivity index (χ4v) is 5.62. The number of carbonyl (C=O) groups is 1. The van der Waals surface area contributed by atoms with Gasteiger partial charge in [0.25, 0.3) is 0 Å². The van der Waals surface area contributed by atoms with E-state index in [0.717, 1.165) is 81.0 Å². The van der Waals surface area contributed by atoms with Crippen molar-refractivity contribution >= 4 is 29.0 Å². The largest absolute Gasteiger partial charge is 0.355 e. The lowest BCUT2D eigenvalue weighted by Gasteiger charge is -2.38. The summed E-state index contributed by atoms with van der Waals surface area (Å²) in [4.78, 5) is 22.6. The molecule has 4 atom stereocenters. The number of carbonyl (C=O) groups excluding carboxylic acids is 1.